The largest absolute Gasteiger partial charge is 0.264 e. The third kappa shape index (κ3) is 4.69. The Morgan fingerprint density at radius 3 is 2.31 bits per heavy atom. The van der Waals surface area contributed by atoms with Gasteiger partial charge in [0.2, 0.25) is 10.0 Å². The maximum absolute atomic E-state index is 13.5. The fourth-order valence-electron chi connectivity index (χ4n) is 2.80. The number of rotatable bonds is 7. The van der Waals surface area contributed by atoms with Crippen LogP contribution >= 0.6 is 0 Å². The first-order chi connectivity index (χ1) is 13.7. The molecule has 2 aromatic carbocycles. The minimum atomic E-state index is -4.05. The van der Waals surface area contributed by atoms with Crippen molar-refractivity contribution in [2.45, 2.75) is 22.0 Å². The lowest BCUT2D eigenvalue weighted by molar-refractivity contribution is 0.568. The lowest BCUT2D eigenvalue weighted by Gasteiger charge is -2.19. The molecule has 0 bridgehead atoms. The van der Waals surface area contributed by atoms with Crippen LogP contribution < -0.4 is 4.72 Å². The van der Waals surface area contributed by atoms with Gasteiger partial charge in [-0.25, -0.2) is 25.9 Å². The van der Waals surface area contributed by atoms with Crippen LogP contribution in [0.5, 0.6) is 0 Å². The first kappa shape index (κ1) is 21.1. The van der Waals surface area contributed by atoms with Crippen LogP contribution in [0.4, 0.5) is 4.39 Å². The van der Waals surface area contributed by atoms with E-state index in [1.807, 2.05) is 0 Å². The molecule has 1 atom stereocenters. The number of benzene rings is 2. The molecule has 9 heteroatoms. The van der Waals surface area contributed by atoms with E-state index in [2.05, 4.69) is 9.71 Å². The molecule has 0 aliphatic carbocycles. The molecule has 0 amide bonds. The molecule has 0 saturated heterocycles. The Morgan fingerprint density at radius 2 is 1.69 bits per heavy atom. The average Bonchev–Trinajstić information content (AvgIpc) is 2.71. The Morgan fingerprint density at radius 1 is 0.966 bits per heavy atom. The van der Waals surface area contributed by atoms with E-state index in [4.69, 9.17) is 0 Å². The highest BCUT2D eigenvalue weighted by Crippen LogP contribution is 2.28. The molecular formula is C20H19FN2O4S2. The van der Waals surface area contributed by atoms with Crippen molar-refractivity contribution in [1.82, 2.24) is 9.71 Å². The van der Waals surface area contributed by atoms with Gasteiger partial charge in [0.25, 0.3) is 0 Å². The summed E-state index contributed by atoms with van der Waals surface area (Å²) in [5.41, 5.74) is 0.530. The van der Waals surface area contributed by atoms with E-state index in [0.29, 0.717) is 5.56 Å². The minimum Gasteiger partial charge on any atom is -0.264 e. The van der Waals surface area contributed by atoms with Gasteiger partial charge in [0, 0.05) is 18.9 Å². The van der Waals surface area contributed by atoms with Crippen LogP contribution in [0.15, 0.2) is 82.8 Å². The molecule has 0 unspecified atom stereocenters. The lowest BCUT2D eigenvalue weighted by atomic mass is 10.2. The molecule has 1 heterocycles. The smallest absolute Gasteiger partial charge is 0.240 e. The number of sulfonamides is 1. The maximum atomic E-state index is 13.5. The predicted octanol–water partition coefficient (Wildman–Crippen LogP) is 3.02. The van der Waals surface area contributed by atoms with E-state index < -0.39 is 37.5 Å². The second-order valence-corrected chi connectivity index (χ2v) is 10.3. The van der Waals surface area contributed by atoms with Gasteiger partial charge >= 0.3 is 0 Å². The SMILES string of the molecule is Cc1cc(S(=O)(=O)NC[C@@H](c2cccnc2)S(=O)(=O)c2ccccc2)ccc1F. The third-order valence-corrected chi connectivity index (χ3v) is 7.94. The number of sulfone groups is 1. The van der Waals surface area contributed by atoms with Crippen LogP contribution in [0.25, 0.3) is 0 Å². The van der Waals surface area contributed by atoms with Gasteiger partial charge in [-0.1, -0.05) is 24.3 Å². The topological polar surface area (TPSA) is 93.2 Å². The zero-order chi connectivity index (χ0) is 21.1. The molecule has 0 aliphatic heterocycles. The Labute approximate surface area is 169 Å². The van der Waals surface area contributed by atoms with Crippen LogP contribution in [0, 0.1) is 12.7 Å². The summed E-state index contributed by atoms with van der Waals surface area (Å²) in [5, 5.41) is -1.19. The molecule has 0 fully saturated rings. The van der Waals surface area contributed by atoms with Gasteiger partial charge < -0.3 is 0 Å². The number of aryl methyl sites for hydroxylation is 1. The molecule has 0 spiro atoms. The van der Waals surface area contributed by atoms with Crippen molar-refractivity contribution in [1.29, 1.82) is 0 Å². The zero-order valence-electron chi connectivity index (χ0n) is 15.5. The quantitative estimate of drug-likeness (QED) is 0.617. The second kappa shape index (κ2) is 8.40. The van der Waals surface area contributed by atoms with Crippen molar-refractivity contribution in [2.75, 3.05) is 6.54 Å². The number of halogens is 1. The summed E-state index contributed by atoms with van der Waals surface area (Å²) < 4.78 is 67.5. The van der Waals surface area contributed by atoms with E-state index in [9.17, 15) is 21.2 Å². The highest BCUT2D eigenvalue weighted by atomic mass is 32.2. The number of nitrogens with one attached hydrogen (secondary N) is 1. The molecule has 3 aromatic rings. The number of pyridine rings is 1. The summed E-state index contributed by atoms with van der Waals surface area (Å²) in [6.45, 7) is 1.05. The Kier molecular flexibility index (Phi) is 6.11. The van der Waals surface area contributed by atoms with Crippen molar-refractivity contribution in [3.05, 3.63) is 90.0 Å². The molecule has 0 aliphatic rings. The summed E-state index contributed by atoms with van der Waals surface area (Å²) >= 11 is 0. The van der Waals surface area contributed by atoms with Crippen molar-refractivity contribution < 1.29 is 21.2 Å². The lowest BCUT2D eigenvalue weighted by Crippen LogP contribution is -2.32. The standard InChI is InChI=1S/C20H19FN2O4S2/c1-15-12-18(9-10-19(15)21)29(26,27)23-14-20(16-6-5-11-22-13-16)28(24,25)17-7-3-2-4-8-17/h2-13,20,23H,14H2,1H3/t20-/m0/s1. The third-order valence-electron chi connectivity index (χ3n) is 4.40. The summed E-state index contributed by atoms with van der Waals surface area (Å²) in [6, 6.07) is 14.3. The number of hydrogen-bond donors (Lipinski definition) is 1. The molecule has 6 nitrogen and oxygen atoms in total. The highest BCUT2D eigenvalue weighted by molar-refractivity contribution is 7.92. The normalized spacial score (nSPS) is 13.2. The van der Waals surface area contributed by atoms with E-state index in [0.717, 1.165) is 12.1 Å². The van der Waals surface area contributed by atoms with Crippen molar-refractivity contribution >= 4 is 19.9 Å². The summed E-state index contributed by atoms with van der Waals surface area (Å²) in [7, 11) is -7.95. The average molecular weight is 435 g/mol. The zero-order valence-corrected chi connectivity index (χ0v) is 17.1. The van der Waals surface area contributed by atoms with E-state index in [1.54, 1.807) is 30.3 Å². The molecule has 152 valence electrons. The Hall–Kier alpha value is -2.62. The summed E-state index contributed by atoms with van der Waals surface area (Å²) in [5.74, 6) is -0.524. The molecule has 0 radical (unpaired) electrons. The Bertz CT molecular complexity index is 1200. The fraction of sp³-hybridized carbons (Fsp3) is 0.150. The molecular weight excluding hydrogens is 415 g/mol. The van der Waals surface area contributed by atoms with E-state index >= 15 is 0 Å². The van der Waals surface area contributed by atoms with Gasteiger partial charge in [0.1, 0.15) is 11.1 Å². The summed E-state index contributed by atoms with van der Waals surface area (Å²) in [6.07, 6.45) is 2.89. The van der Waals surface area contributed by atoms with Crippen molar-refractivity contribution in [3.63, 3.8) is 0 Å². The van der Waals surface area contributed by atoms with Crippen LogP contribution in [0.1, 0.15) is 16.4 Å². The van der Waals surface area contributed by atoms with Crippen LogP contribution in [0.2, 0.25) is 0 Å². The minimum absolute atomic E-state index is 0.0747. The molecule has 29 heavy (non-hydrogen) atoms. The van der Waals surface area contributed by atoms with Crippen molar-refractivity contribution in [3.8, 4) is 0 Å². The van der Waals surface area contributed by atoms with Gasteiger partial charge in [0.05, 0.1) is 9.79 Å². The molecule has 1 aromatic heterocycles. The molecule has 3 rings (SSSR count). The van der Waals surface area contributed by atoms with Gasteiger partial charge in [0.15, 0.2) is 9.84 Å². The van der Waals surface area contributed by atoms with E-state index in [1.165, 1.54) is 37.5 Å². The summed E-state index contributed by atoms with van der Waals surface area (Å²) in [4.78, 5) is 3.89. The number of nitrogens with zero attached hydrogens (tertiary/aromatic N) is 1. The molecule has 0 saturated carbocycles. The van der Waals surface area contributed by atoms with Crippen molar-refractivity contribution in [2.24, 2.45) is 0 Å². The number of aromatic nitrogens is 1. The van der Waals surface area contributed by atoms with Crippen LogP contribution in [-0.2, 0) is 19.9 Å². The fourth-order valence-corrected chi connectivity index (χ4v) is 5.70. The van der Waals surface area contributed by atoms with Gasteiger partial charge in [-0.3, -0.25) is 4.98 Å². The molecule has 1 N–H and O–H groups in total. The van der Waals surface area contributed by atoms with Gasteiger partial charge in [-0.05, 0) is 54.4 Å². The van der Waals surface area contributed by atoms with Gasteiger partial charge in [-0.15, -0.1) is 0 Å². The number of hydrogen-bond acceptors (Lipinski definition) is 5. The van der Waals surface area contributed by atoms with E-state index in [-0.39, 0.29) is 15.4 Å². The first-order valence-corrected chi connectivity index (χ1v) is 11.7. The maximum Gasteiger partial charge on any atom is 0.240 e. The van der Waals surface area contributed by atoms with Gasteiger partial charge in [-0.2, -0.15) is 0 Å². The predicted molar refractivity (Wildman–Crippen MR) is 107 cm³/mol. The van der Waals surface area contributed by atoms with Crippen LogP contribution in [-0.4, -0.2) is 28.4 Å². The monoisotopic (exact) mass is 434 g/mol. The second-order valence-electron chi connectivity index (χ2n) is 6.40. The first-order valence-electron chi connectivity index (χ1n) is 8.66. The highest BCUT2D eigenvalue weighted by Gasteiger charge is 2.31. The van der Waals surface area contributed by atoms with Crippen LogP contribution in [0.3, 0.4) is 0 Å². The Balaban J connectivity index is 1.95.